The van der Waals surface area contributed by atoms with E-state index in [-0.39, 0.29) is 0 Å². The number of hydrogen-bond acceptors (Lipinski definition) is 0. The molecule has 16 heavy (non-hydrogen) atoms. The Morgan fingerprint density at radius 1 is 1.12 bits per heavy atom. The summed E-state index contributed by atoms with van der Waals surface area (Å²) in [6.07, 6.45) is 3.57. The molecule has 2 atom stereocenters. The number of nitrogens with zero attached hydrogens (tertiary/aromatic N) is 1. The molecule has 0 aromatic carbocycles. The third-order valence-electron chi connectivity index (χ3n) is 4.10. The second-order valence-electron chi connectivity index (χ2n) is 6.06. The molecule has 0 fully saturated rings. The van der Waals surface area contributed by atoms with Crippen LogP contribution in [0.1, 0.15) is 48.0 Å². The quantitative estimate of drug-likeness (QED) is 0.472. The van der Waals surface area contributed by atoms with Crippen LogP contribution in [0.4, 0.5) is 0 Å². The van der Waals surface area contributed by atoms with Crippen LogP contribution in [-0.4, -0.2) is 31.2 Å². The molecule has 0 amide bonds. The minimum atomic E-state index is 0.678. The smallest absolute Gasteiger partial charge is 0.0855 e. The van der Waals surface area contributed by atoms with Gasteiger partial charge in [0.15, 0.2) is 0 Å². The van der Waals surface area contributed by atoms with E-state index in [1.807, 2.05) is 0 Å². The Hall–Kier alpha value is -0.300. The zero-order valence-electron chi connectivity index (χ0n) is 12.7. The van der Waals surface area contributed by atoms with Gasteiger partial charge in [-0.15, -0.1) is 0 Å². The minimum Gasteiger partial charge on any atom is -0.326 e. The van der Waals surface area contributed by atoms with Crippen molar-refractivity contribution in [1.82, 2.24) is 0 Å². The van der Waals surface area contributed by atoms with Crippen LogP contribution >= 0.6 is 0 Å². The molecular formula is C15H32N+. The van der Waals surface area contributed by atoms with E-state index >= 15 is 0 Å². The van der Waals surface area contributed by atoms with Crippen LogP contribution in [-0.2, 0) is 0 Å². The van der Waals surface area contributed by atoms with E-state index in [1.54, 1.807) is 5.57 Å². The average Bonchev–Trinajstić information content (AvgIpc) is 2.15. The van der Waals surface area contributed by atoms with Gasteiger partial charge in [0, 0.05) is 5.92 Å². The van der Waals surface area contributed by atoms with Crippen molar-refractivity contribution in [2.75, 3.05) is 20.6 Å². The van der Waals surface area contributed by atoms with Gasteiger partial charge in [0.1, 0.15) is 0 Å². The molecule has 0 N–H and O–H groups in total. The molecule has 0 aliphatic heterocycles. The van der Waals surface area contributed by atoms with Crippen molar-refractivity contribution >= 4 is 0 Å². The Morgan fingerprint density at radius 3 is 1.94 bits per heavy atom. The molecule has 0 saturated carbocycles. The molecule has 0 saturated heterocycles. The Balaban J connectivity index is 4.60. The molecule has 2 unspecified atom stereocenters. The van der Waals surface area contributed by atoms with Crippen LogP contribution in [0.2, 0.25) is 0 Å². The van der Waals surface area contributed by atoms with Crippen LogP contribution in [0, 0.1) is 11.8 Å². The van der Waals surface area contributed by atoms with Gasteiger partial charge in [-0.3, -0.25) is 0 Å². The summed E-state index contributed by atoms with van der Waals surface area (Å²) in [7, 11) is 4.72. The van der Waals surface area contributed by atoms with E-state index in [0.717, 1.165) is 10.5 Å². The van der Waals surface area contributed by atoms with Gasteiger partial charge in [0.25, 0.3) is 0 Å². The molecule has 0 spiro atoms. The summed E-state index contributed by atoms with van der Waals surface area (Å²) >= 11 is 0. The lowest BCUT2D eigenvalue weighted by Gasteiger charge is -2.38. The fourth-order valence-corrected chi connectivity index (χ4v) is 2.67. The van der Waals surface area contributed by atoms with Crippen molar-refractivity contribution in [1.29, 1.82) is 0 Å². The molecule has 1 nitrogen and oxygen atoms in total. The maximum atomic E-state index is 2.37. The molecule has 0 aliphatic carbocycles. The summed E-state index contributed by atoms with van der Waals surface area (Å²) in [6, 6.07) is 0.743. The molecule has 0 bridgehead atoms. The minimum absolute atomic E-state index is 0.678. The second kappa shape index (κ2) is 6.44. The van der Waals surface area contributed by atoms with E-state index in [1.165, 1.54) is 13.0 Å². The highest BCUT2D eigenvalue weighted by Gasteiger charge is 2.26. The van der Waals surface area contributed by atoms with E-state index in [4.69, 9.17) is 0 Å². The number of rotatable bonds is 6. The normalized spacial score (nSPS) is 17.7. The maximum absolute atomic E-state index is 2.37. The highest BCUT2D eigenvalue weighted by molar-refractivity contribution is 5.07. The van der Waals surface area contributed by atoms with Gasteiger partial charge in [0.2, 0.25) is 0 Å². The third-order valence-corrected chi connectivity index (χ3v) is 4.10. The Labute approximate surface area is 103 Å². The molecular weight excluding hydrogens is 194 g/mol. The zero-order valence-corrected chi connectivity index (χ0v) is 12.7. The van der Waals surface area contributed by atoms with Crippen molar-refractivity contribution in [2.24, 2.45) is 11.8 Å². The van der Waals surface area contributed by atoms with Crippen LogP contribution in [0.25, 0.3) is 0 Å². The van der Waals surface area contributed by atoms with Crippen molar-refractivity contribution in [3.05, 3.63) is 11.6 Å². The van der Waals surface area contributed by atoms with E-state index in [9.17, 15) is 0 Å². The first-order valence-corrected chi connectivity index (χ1v) is 6.75. The molecule has 0 aromatic heterocycles. The fourth-order valence-electron chi connectivity index (χ4n) is 2.67. The molecule has 0 radical (unpaired) electrons. The second-order valence-corrected chi connectivity index (χ2v) is 6.06. The molecule has 1 heteroatoms. The third kappa shape index (κ3) is 4.29. The van der Waals surface area contributed by atoms with Crippen LogP contribution in [0.3, 0.4) is 0 Å². The summed E-state index contributed by atoms with van der Waals surface area (Å²) in [5.41, 5.74) is 1.61. The van der Waals surface area contributed by atoms with Gasteiger partial charge < -0.3 is 4.48 Å². The van der Waals surface area contributed by atoms with Crippen LogP contribution in [0.15, 0.2) is 11.6 Å². The van der Waals surface area contributed by atoms with Gasteiger partial charge in [-0.25, -0.2) is 0 Å². The SMILES string of the molecule is CC=C(C(C)C)C(C)C[N+](C)(C)C(C)CC. The first-order valence-electron chi connectivity index (χ1n) is 6.75. The molecule has 0 aliphatic rings. The summed E-state index contributed by atoms with van der Waals surface area (Å²) < 4.78 is 1.13. The lowest BCUT2D eigenvalue weighted by atomic mass is 9.90. The van der Waals surface area contributed by atoms with Crippen molar-refractivity contribution in [3.8, 4) is 0 Å². The Bertz CT molecular complexity index is 226. The van der Waals surface area contributed by atoms with Crippen molar-refractivity contribution in [3.63, 3.8) is 0 Å². The Morgan fingerprint density at radius 2 is 1.62 bits per heavy atom. The van der Waals surface area contributed by atoms with E-state index in [0.29, 0.717) is 11.8 Å². The van der Waals surface area contributed by atoms with Crippen LogP contribution in [0.5, 0.6) is 0 Å². The van der Waals surface area contributed by atoms with Gasteiger partial charge in [-0.05, 0) is 26.2 Å². The first kappa shape index (κ1) is 15.7. The first-order chi connectivity index (χ1) is 7.26. The fraction of sp³-hybridized carbons (Fsp3) is 0.867. The molecule has 0 rings (SSSR count). The van der Waals surface area contributed by atoms with Gasteiger partial charge >= 0.3 is 0 Å². The highest BCUT2D eigenvalue weighted by atomic mass is 15.3. The maximum Gasteiger partial charge on any atom is 0.0855 e. The van der Waals surface area contributed by atoms with Gasteiger partial charge in [-0.2, -0.15) is 0 Å². The van der Waals surface area contributed by atoms with Gasteiger partial charge in [0.05, 0.1) is 26.7 Å². The van der Waals surface area contributed by atoms with Crippen LogP contribution < -0.4 is 0 Å². The molecule has 0 aromatic rings. The molecule has 96 valence electrons. The average molecular weight is 226 g/mol. The van der Waals surface area contributed by atoms with E-state index in [2.05, 4.69) is 61.7 Å². The monoisotopic (exact) mass is 226 g/mol. The largest absolute Gasteiger partial charge is 0.326 e. The summed E-state index contributed by atoms with van der Waals surface area (Å²) in [5, 5.41) is 0. The summed E-state index contributed by atoms with van der Waals surface area (Å²) in [4.78, 5) is 0. The topological polar surface area (TPSA) is 0 Å². The highest BCUT2D eigenvalue weighted by Crippen LogP contribution is 2.23. The summed E-state index contributed by atoms with van der Waals surface area (Å²) in [6.45, 7) is 15.0. The van der Waals surface area contributed by atoms with Gasteiger partial charge in [-0.1, -0.05) is 39.3 Å². The summed E-state index contributed by atoms with van der Waals surface area (Å²) in [5.74, 6) is 1.37. The standard InChI is InChI=1S/C15H32N/c1-9-14(6)16(7,8)11-13(5)15(10-2)12(3)4/h10,12-14H,9,11H2,1-8H3/q+1. The number of allylic oxidation sites excluding steroid dienone is 1. The lowest BCUT2D eigenvalue weighted by molar-refractivity contribution is -0.915. The number of quaternary nitrogens is 1. The lowest BCUT2D eigenvalue weighted by Crippen LogP contribution is -2.49. The van der Waals surface area contributed by atoms with Crippen molar-refractivity contribution in [2.45, 2.75) is 54.0 Å². The Kier molecular flexibility index (Phi) is 6.32. The predicted molar refractivity (Wildman–Crippen MR) is 74.5 cm³/mol. The molecule has 0 heterocycles. The zero-order chi connectivity index (χ0) is 12.9. The number of hydrogen-bond donors (Lipinski definition) is 0. The predicted octanol–water partition coefficient (Wildman–Crippen LogP) is 4.10. The van der Waals surface area contributed by atoms with Crippen molar-refractivity contribution < 1.29 is 4.48 Å². The van der Waals surface area contributed by atoms with E-state index < -0.39 is 0 Å².